The van der Waals surface area contributed by atoms with Crippen molar-refractivity contribution in [1.29, 1.82) is 0 Å². The Bertz CT molecular complexity index is 1260. The van der Waals surface area contributed by atoms with E-state index in [1.807, 2.05) is 65.6 Å². The Morgan fingerprint density at radius 1 is 0.552 bits per heavy atom. The molecule has 5 rings (SSSR count). The number of sulfone groups is 1. The molecule has 0 amide bonds. The van der Waals surface area contributed by atoms with Crippen molar-refractivity contribution in [1.82, 2.24) is 0 Å². The highest BCUT2D eigenvalue weighted by molar-refractivity contribution is 7.91. The summed E-state index contributed by atoms with van der Waals surface area (Å²) in [5.41, 5.74) is 2.17. The molecule has 5 heteroatoms. The van der Waals surface area contributed by atoms with Crippen molar-refractivity contribution < 1.29 is 13.2 Å². The van der Waals surface area contributed by atoms with E-state index in [1.54, 1.807) is 42.5 Å². The van der Waals surface area contributed by atoms with E-state index < -0.39 is 9.84 Å². The van der Waals surface area contributed by atoms with E-state index in [4.69, 9.17) is 4.74 Å². The molecule has 29 heavy (non-hydrogen) atoms. The molecule has 1 heterocycles. The van der Waals surface area contributed by atoms with Crippen molar-refractivity contribution in [3.05, 3.63) is 103 Å². The Morgan fingerprint density at radius 2 is 1.03 bits per heavy atom. The van der Waals surface area contributed by atoms with E-state index in [0.717, 1.165) is 11.4 Å². The van der Waals surface area contributed by atoms with E-state index in [-0.39, 0.29) is 9.79 Å². The Balaban J connectivity index is 1.77. The van der Waals surface area contributed by atoms with Gasteiger partial charge in [0.05, 0.1) is 26.9 Å². The second kappa shape index (κ2) is 6.79. The van der Waals surface area contributed by atoms with Crippen molar-refractivity contribution in [2.75, 3.05) is 4.90 Å². The lowest BCUT2D eigenvalue weighted by molar-refractivity contribution is 0.476. The summed E-state index contributed by atoms with van der Waals surface area (Å²) in [5.74, 6) is 1.36. The SMILES string of the molecule is O=S(=O)(c1ccccc1)c1ccccc1N1c2ccccc2Oc2ccccc21. The summed E-state index contributed by atoms with van der Waals surface area (Å²) in [5, 5.41) is 0. The minimum atomic E-state index is -3.71. The van der Waals surface area contributed by atoms with Gasteiger partial charge < -0.3 is 9.64 Å². The van der Waals surface area contributed by atoms with E-state index in [9.17, 15) is 8.42 Å². The van der Waals surface area contributed by atoms with Crippen LogP contribution in [-0.2, 0) is 9.84 Å². The second-order valence-corrected chi connectivity index (χ2v) is 8.58. The van der Waals surface area contributed by atoms with Gasteiger partial charge in [-0.15, -0.1) is 0 Å². The molecule has 0 aromatic heterocycles. The number of anilines is 3. The third kappa shape index (κ3) is 2.87. The molecule has 0 aliphatic carbocycles. The molecule has 1 aliphatic rings. The van der Waals surface area contributed by atoms with Crippen LogP contribution in [0, 0.1) is 0 Å². The van der Waals surface area contributed by atoms with Gasteiger partial charge in [-0.1, -0.05) is 54.6 Å². The van der Waals surface area contributed by atoms with Gasteiger partial charge in [0, 0.05) is 0 Å². The van der Waals surface area contributed by atoms with Gasteiger partial charge in [0.25, 0.3) is 0 Å². The third-order valence-corrected chi connectivity index (χ3v) is 6.70. The number of ether oxygens (including phenoxy) is 1. The van der Waals surface area contributed by atoms with Gasteiger partial charge >= 0.3 is 0 Å². The topological polar surface area (TPSA) is 46.6 Å². The first-order valence-electron chi connectivity index (χ1n) is 9.21. The standard InChI is InChI=1S/C24H17NO3S/c26-29(27,18-10-2-1-3-11-18)24-17-9-6-14-21(24)25-19-12-4-7-15-22(19)28-23-16-8-5-13-20(23)25/h1-17H. The van der Waals surface area contributed by atoms with Crippen LogP contribution in [0.1, 0.15) is 0 Å². The molecule has 0 spiro atoms. The number of nitrogens with zero attached hydrogens (tertiary/aromatic N) is 1. The summed E-state index contributed by atoms with van der Waals surface area (Å²) in [6, 6.07) is 30.8. The van der Waals surface area contributed by atoms with Gasteiger partial charge in [-0.05, 0) is 48.5 Å². The van der Waals surface area contributed by atoms with Crippen LogP contribution < -0.4 is 9.64 Å². The van der Waals surface area contributed by atoms with Crippen LogP contribution in [0.4, 0.5) is 17.1 Å². The molecule has 0 N–H and O–H groups in total. The third-order valence-electron chi connectivity index (χ3n) is 4.88. The number of para-hydroxylation sites is 5. The lowest BCUT2D eigenvalue weighted by Crippen LogP contribution is -2.18. The first-order chi connectivity index (χ1) is 14.2. The highest BCUT2D eigenvalue weighted by Gasteiger charge is 2.30. The predicted octanol–water partition coefficient (Wildman–Crippen LogP) is 6.09. The van der Waals surface area contributed by atoms with Crippen LogP contribution in [0.5, 0.6) is 11.5 Å². The summed E-state index contributed by atoms with van der Waals surface area (Å²) in [7, 11) is -3.71. The van der Waals surface area contributed by atoms with Crippen LogP contribution in [0.25, 0.3) is 0 Å². The maximum absolute atomic E-state index is 13.5. The molecule has 0 fully saturated rings. The Hall–Kier alpha value is -3.57. The largest absolute Gasteiger partial charge is 0.453 e. The molecule has 0 bridgehead atoms. The first-order valence-corrected chi connectivity index (χ1v) is 10.7. The zero-order valence-electron chi connectivity index (χ0n) is 15.4. The highest BCUT2D eigenvalue weighted by atomic mass is 32.2. The van der Waals surface area contributed by atoms with Crippen molar-refractivity contribution in [3.63, 3.8) is 0 Å². The van der Waals surface area contributed by atoms with Crippen molar-refractivity contribution in [2.45, 2.75) is 9.79 Å². The molecule has 142 valence electrons. The average Bonchev–Trinajstić information content (AvgIpc) is 2.78. The molecule has 0 unspecified atom stereocenters. The zero-order chi connectivity index (χ0) is 19.8. The van der Waals surface area contributed by atoms with E-state index in [1.165, 1.54) is 0 Å². The van der Waals surface area contributed by atoms with Gasteiger partial charge in [-0.2, -0.15) is 0 Å². The zero-order valence-corrected chi connectivity index (χ0v) is 16.2. The highest BCUT2D eigenvalue weighted by Crippen LogP contribution is 2.51. The number of hydrogen-bond donors (Lipinski definition) is 0. The number of rotatable bonds is 3. The van der Waals surface area contributed by atoms with Crippen molar-refractivity contribution in [3.8, 4) is 11.5 Å². The molecule has 1 aliphatic heterocycles. The number of hydrogen-bond acceptors (Lipinski definition) is 4. The summed E-state index contributed by atoms with van der Waals surface area (Å²) >= 11 is 0. The molecular weight excluding hydrogens is 382 g/mol. The van der Waals surface area contributed by atoms with Gasteiger partial charge in [0.2, 0.25) is 9.84 Å². The summed E-state index contributed by atoms with van der Waals surface area (Å²) in [6.07, 6.45) is 0. The summed E-state index contributed by atoms with van der Waals surface area (Å²) in [6.45, 7) is 0. The molecule has 0 radical (unpaired) electrons. The minimum Gasteiger partial charge on any atom is -0.453 e. The first kappa shape index (κ1) is 17.5. The van der Waals surface area contributed by atoms with Crippen LogP contribution in [0.15, 0.2) is 113 Å². The van der Waals surface area contributed by atoms with E-state index in [0.29, 0.717) is 17.2 Å². The Morgan fingerprint density at radius 3 is 1.66 bits per heavy atom. The Kier molecular flexibility index (Phi) is 4.11. The van der Waals surface area contributed by atoms with Gasteiger partial charge in [0.1, 0.15) is 0 Å². The average molecular weight is 399 g/mol. The fourth-order valence-corrected chi connectivity index (χ4v) is 5.02. The number of fused-ring (bicyclic) bond motifs is 2. The van der Waals surface area contributed by atoms with Crippen molar-refractivity contribution in [2.24, 2.45) is 0 Å². The monoisotopic (exact) mass is 399 g/mol. The molecule has 4 aromatic rings. The molecule has 0 saturated carbocycles. The molecule has 4 aromatic carbocycles. The lowest BCUT2D eigenvalue weighted by Gasteiger charge is -2.33. The smallest absolute Gasteiger partial charge is 0.208 e. The van der Waals surface area contributed by atoms with E-state index in [2.05, 4.69) is 0 Å². The summed E-state index contributed by atoms with van der Waals surface area (Å²) in [4.78, 5) is 2.46. The van der Waals surface area contributed by atoms with Crippen LogP contribution >= 0.6 is 0 Å². The van der Waals surface area contributed by atoms with E-state index >= 15 is 0 Å². The fraction of sp³-hybridized carbons (Fsp3) is 0. The summed E-state index contributed by atoms with van der Waals surface area (Å²) < 4.78 is 33.0. The second-order valence-electron chi connectivity index (χ2n) is 6.66. The van der Waals surface area contributed by atoms with Crippen LogP contribution in [0.2, 0.25) is 0 Å². The predicted molar refractivity (Wildman–Crippen MR) is 113 cm³/mol. The molecule has 0 saturated heterocycles. The van der Waals surface area contributed by atoms with Gasteiger partial charge in [-0.3, -0.25) is 0 Å². The van der Waals surface area contributed by atoms with Crippen molar-refractivity contribution >= 4 is 26.9 Å². The van der Waals surface area contributed by atoms with Gasteiger partial charge in [0.15, 0.2) is 11.5 Å². The Labute approximate surface area is 169 Å². The minimum absolute atomic E-state index is 0.248. The van der Waals surface area contributed by atoms with Crippen LogP contribution in [-0.4, -0.2) is 8.42 Å². The maximum atomic E-state index is 13.5. The van der Waals surface area contributed by atoms with Crippen LogP contribution in [0.3, 0.4) is 0 Å². The molecular formula is C24H17NO3S. The normalized spacial score (nSPS) is 12.6. The van der Waals surface area contributed by atoms with Gasteiger partial charge in [-0.25, -0.2) is 8.42 Å². The quantitative estimate of drug-likeness (QED) is 0.368. The number of benzene rings is 4. The fourth-order valence-electron chi connectivity index (χ4n) is 3.56. The molecule has 4 nitrogen and oxygen atoms in total. The lowest BCUT2D eigenvalue weighted by atomic mass is 10.1. The molecule has 0 atom stereocenters. The maximum Gasteiger partial charge on any atom is 0.208 e.